The van der Waals surface area contributed by atoms with Crippen molar-refractivity contribution in [2.45, 2.75) is 0 Å². The highest BCUT2D eigenvalue weighted by Gasteiger charge is 2.12. The SMILES string of the molecule is Brc1cccc(-c2nc(-c3cccc(-c4ccccc4)c3)c3ccccc3n2)c1. The third-order valence-electron chi connectivity index (χ3n) is 4.93. The molecule has 29 heavy (non-hydrogen) atoms. The first-order valence-corrected chi connectivity index (χ1v) is 10.3. The van der Waals surface area contributed by atoms with Gasteiger partial charge in [-0.05, 0) is 35.4 Å². The summed E-state index contributed by atoms with van der Waals surface area (Å²) in [5.41, 5.74) is 6.34. The van der Waals surface area contributed by atoms with E-state index in [2.05, 4.69) is 70.5 Å². The number of rotatable bonds is 3. The van der Waals surface area contributed by atoms with Gasteiger partial charge >= 0.3 is 0 Å². The number of fused-ring (bicyclic) bond motifs is 1. The standard InChI is InChI=1S/C26H17BrN2/c27-22-13-7-12-21(17-22)26-28-24-15-5-4-14-23(24)25(29-26)20-11-6-10-19(16-20)18-8-2-1-3-9-18/h1-17H. The minimum absolute atomic E-state index is 0.727. The molecule has 0 amide bonds. The highest BCUT2D eigenvalue weighted by molar-refractivity contribution is 9.10. The summed E-state index contributed by atoms with van der Waals surface area (Å²) in [5.74, 6) is 0.727. The van der Waals surface area contributed by atoms with Crippen LogP contribution in [-0.4, -0.2) is 9.97 Å². The molecule has 0 spiro atoms. The molecule has 0 unspecified atom stereocenters. The van der Waals surface area contributed by atoms with Gasteiger partial charge in [-0.15, -0.1) is 0 Å². The summed E-state index contributed by atoms with van der Waals surface area (Å²) in [5, 5.41) is 1.05. The van der Waals surface area contributed by atoms with Crippen molar-refractivity contribution in [1.82, 2.24) is 9.97 Å². The smallest absolute Gasteiger partial charge is 0.160 e. The second kappa shape index (κ2) is 7.61. The number of hydrogen-bond donors (Lipinski definition) is 0. The van der Waals surface area contributed by atoms with E-state index in [1.165, 1.54) is 11.1 Å². The molecule has 0 fully saturated rings. The van der Waals surface area contributed by atoms with Gasteiger partial charge in [0.25, 0.3) is 0 Å². The average Bonchev–Trinajstić information content (AvgIpc) is 2.79. The van der Waals surface area contributed by atoms with Crippen LogP contribution in [0.2, 0.25) is 0 Å². The summed E-state index contributed by atoms with van der Waals surface area (Å²) in [6.07, 6.45) is 0. The number of nitrogens with zero attached hydrogens (tertiary/aromatic N) is 2. The van der Waals surface area contributed by atoms with E-state index in [0.29, 0.717) is 0 Å². The van der Waals surface area contributed by atoms with Gasteiger partial charge in [0.2, 0.25) is 0 Å². The fraction of sp³-hybridized carbons (Fsp3) is 0. The molecule has 0 saturated heterocycles. The molecule has 1 aromatic heterocycles. The number of para-hydroxylation sites is 1. The summed E-state index contributed by atoms with van der Waals surface area (Å²) in [7, 11) is 0. The third-order valence-corrected chi connectivity index (χ3v) is 5.42. The first kappa shape index (κ1) is 17.8. The van der Waals surface area contributed by atoms with Crippen molar-refractivity contribution in [1.29, 1.82) is 0 Å². The third kappa shape index (κ3) is 3.57. The lowest BCUT2D eigenvalue weighted by atomic mass is 9.99. The van der Waals surface area contributed by atoms with Gasteiger partial charge in [-0.2, -0.15) is 0 Å². The molecule has 0 saturated carbocycles. The van der Waals surface area contributed by atoms with Crippen LogP contribution in [0.5, 0.6) is 0 Å². The van der Waals surface area contributed by atoms with Gasteiger partial charge in [-0.3, -0.25) is 0 Å². The molecule has 0 aliphatic carbocycles. The molecule has 1 heterocycles. The summed E-state index contributed by atoms with van der Waals surface area (Å²) in [6.45, 7) is 0. The van der Waals surface area contributed by atoms with Gasteiger partial charge in [0, 0.05) is 21.0 Å². The minimum atomic E-state index is 0.727. The molecule has 5 rings (SSSR count). The summed E-state index contributed by atoms with van der Waals surface area (Å²) < 4.78 is 1.01. The van der Waals surface area contributed by atoms with Crippen molar-refractivity contribution in [3.05, 3.63) is 108 Å². The van der Waals surface area contributed by atoms with Crippen LogP contribution < -0.4 is 0 Å². The van der Waals surface area contributed by atoms with Crippen molar-refractivity contribution in [2.75, 3.05) is 0 Å². The number of hydrogen-bond acceptors (Lipinski definition) is 2. The molecule has 4 aromatic carbocycles. The van der Waals surface area contributed by atoms with Crippen molar-refractivity contribution in [3.8, 4) is 33.8 Å². The van der Waals surface area contributed by atoms with E-state index in [1.807, 2.05) is 48.5 Å². The van der Waals surface area contributed by atoms with Crippen LogP contribution >= 0.6 is 15.9 Å². The Kier molecular flexibility index (Phi) is 4.66. The molecule has 0 radical (unpaired) electrons. The topological polar surface area (TPSA) is 25.8 Å². The maximum Gasteiger partial charge on any atom is 0.160 e. The van der Waals surface area contributed by atoms with Crippen molar-refractivity contribution < 1.29 is 0 Å². The first-order chi connectivity index (χ1) is 14.3. The average molecular weight is 437 g/mol. The lowest BCUT2D eigenvalue weighted by Gasteiger charge is -2.11. The molecule has 0 aliphatic rings. The Hall–Kier alpha value is -3.30. The number of halogens is 1. The monoisotopic (exact) mass is 436 g/mol. The zero-order valence-corrected chi connectivity index (χ0v) is 17.2. The predicted octanol–water partition coefficient (Wildman–Crippen LogP) is 7.39. The molecule has 0 bridgehead atoms. The number of aromatic nitrogens is 2. The van der Waals surface area contributed by atoms with Crippen LogP contribution in [0.15, 0.2) is 108 Å². The highest BCUT2D eigenvalue weighted by Crippen LogP contribution is 2.32. The summed E-state index contributed by atoms with van der Waals surface area (Å²) in [6, 6.07) is 35.3. The largest absolute Gasteiger partial charge is 0.228 e. The molecule has 0 atom stereocenters. The Labute approximate surface area is 178 Å². The van der Waals surface area contributed by atoms with Crippen LogP contribution in [0.1, 0.15) is 0 Å². The molecule has 3 heteroatoms. The highest BCUT2D eigenvalue weighted by atomic mass is 79.9. The van der Waals surface area contributed by atoms with E-state index in [0.717, 1.165) is 38.0 Å². The normalized spacial score (nSPS) is 10.9. The van der Waals surface area contributed by atoms with Crippen LogP contribution in [0, 0.1) is 0 Å². The Bertz CT molecular complexity index is 1310. The molecular weight excluding hydrogens is 420 g/mol. The Morgan fingerprint density at radius 1 is 0.517 bits per heavy atom. The van der Waals surface area contributed by atoms with Gasteiger partial charge in [0.05, 0.1) is 11.2 Å². The number of benzene rings is 4. The van der Waals surface area contributed by atoms with Crippen LogP contribution in [0.25, 0.3) is 44.7 Å². The Balaban J connectivity index is 1.72. The van der Waals surface area contributed by atoms with Crippen LogP contribution in [0.3, 0.4) is 0 Å². The van der Waals surface area contributed by atoms with Gasteiger partial charge in [-0.25, -0.2) is 9.97 Å². The maximum atomic E-state index is 4.99. The van der Waals surface area contributed by atoms with E-state index < -0.39 is 0 Å². The van der Waals surface area contributed by atoms with Crippen LogP contribution in [0.4, 0.5) is 0 Å². The zero-order valence-electron chi connectivity index (χ0n) is 15.6. The minimum Gasteiger partial charge on any atom is -0.228 e. The molecule has 0 aliphatic heterocycles. The van der Waals surface area contributed by atoms with E-state index >= 15 is 0 Å². The maximum absolute atomic E-state index is 4.99. The fourth-order valence-corrected chi connectivity index (χ4v) is 3.93. The Morgan fingerprint density at radius 2 is 1.21 bits per heavy atom. The Morgan fingerprint density at radius 3 is 2.07 bits per heavy atom. The fourth-order valence-electron chi connectivity index (χ4n) is 3.53. The van der Waals surface area contributed by atoms with Crippen molar-refractivity contribution in [2.24, 2.45) is 0 Å². The zero-order chi connectivity index (χ0) is 19.6. The van der Waals surface area contributed by atoms with E-state index in [-0.39, 0.29) is 0 Å². The van der Waals surface area contributed by atoms with Gasteiger partial charge < -0.3 is 0 Å². The van der Waals surface area contributed by atoms with Gasteiger partial charge in [0.1, 0.15) is 0 Å². The van der Waals surface area contributed by atoms with E-state index in [9.17, 15) is 0 Å². The predicted molar refractivity (Wildman–Crippen MR) is 124 cm³/mol. The van der Waals surface area contributed by atoms with Crippen molar-refractivity contribution in [3.63, 3.8) is 0 Å². The van der Waals surface area contributed by atoms with Gasteiger partial charge in [0.15, 0.2) is 5.82 Å². The van der Waals surface area contributed by atoms with Crippen molar-refractivity contribution >= 4 is 26.8 Å². The van der Waals surface area contributed by atoms with E-state index in [1.54, 1.807) is 0 Å². The molecule has 2 nitrogen and oxygen atoms in total. The second-order valence-electron chi connectivity index (χ2n) is 6.87. The second-order valence-corrected chi connectivity index (χ2v) is 7.79. The summed E-state index contributed by atoms with van der Waals surface area (Å²) >= 11 is 3.55. The quantitative estimate of drug-likeness (QED) is 0.294. The first-order valence-electron chi connectivity index (χ1n) is 9.46. The molecule has 138 valence electrons. The molecule has 5 aromatic rings. The summed E-state index contributed by atoms with van der Waals surface area (Å²) in [4.78, 5) is 9.81. The van der Waals surface area contributed by atoms with Crippen LogP contribution in [-0.2, 0) is 0 Å². The lowest BCUT2D eigenvalue weighted by molar-refractivity contribution is 1.23. The molecular formula is C26H17BrN2. The van der Waals surface area contributed by atoms with E-state index in [4.69, 9.17) is 9.97 Å². The molecule has 0 N–H and O–H groups in total. The lowest BCUT2D eigenvalue weighted by Crippen LogP contribution is -1.95. The van der Waals surface area contributed by atoms with Gasteiger partial charge in [-0.1, -0.05) is 94.8 Å².